The molecule has 1 heterocycles. The van der Waals surface area contributed by atoms with E-state index in [9.17, 15) is 4.79 Å². The maximum atomic E-state index is 12.1. The minimum Gasteiger partial charge on any atom is -0.494 e. The van der Waals surface area contributed by atoms with Crippen LogP contribution in [-0.4, -0.2) is 50.7 Å². The maximum absolute atomic E-state index is 12.1. The number of hydrogen-bond donors (Lipinski definition) is 1. The Morgan fingerprint density at radius 1 is 1.29 bits per heavy atom. The summed E-state index contributed by atoms with van der Waals surface area (Å²) in [5.41, 5.74) is 0. The molecule has 0 radical (unpaired) electrons. The number of amides is 1. The minimum atomic E-state index is 0.0579. The van der Waals surface area contributed by atoms with Crippen molar-refractivity contribution in [3.63, 3.8) is 0 Å². The predicted molar refractivity (Wildman–Crippen MR) is 81.7 cm³/mol. The molecule has 0 bridgehead atoms. The van der Waals surface area contributed by atoms with E-state index in [0.29, 0.717) is 18.3 Å². The van der Waals surface area contributed by atoms with Gasteiger partial charge >= 0.3 is 0 Å². The van der Waals surface area contributed by atoms with Gasteiger partial charge in [0.15, 0.2) is 6.61 Å². The van der Waals surface area contributed by atoms with Crippen molar-refractivity contribution in [2.24, 2.45) is 5.92 Å². The van der Waals surface area contributed by atoms with Gasteiger partial charge in [-0.1, -0.05) is 0 Å². The van der Waals surface area contributed by atoms with Gasteiger partial charge in [-0.3, -0.25) is 4.79 Å². The largest absolute Gasteiger partial charge is 0.494 e. The van der Waals surface area contributed by atoms with Crippen molar-refractivity contribution in [3.05, 3.63) is 24.3 Å². The number of benzene rings is 1. The summed E-state index contributed by atoms with van der Waals surface area (Å²) in [7, 11) is 1.94. The highest BCUT2D eigenvalue weighted by molar-refractivity contribution is 5.78. The summed E-state index contributed by atoms with van der Waals surface area (Å²) in [6.07, 6.45) is 1.07. The Morgan fingerprint density at radius 2 is 1.95 bits per heavy atom. The highest BCUT2D eigenvalue weighted by Crippen LogP contribution is 2.19. The molecule has 1 unspecified atom stereocenters. The summed E-state index contributed by atoms with van der Waals surface area (Å²) in [5.74, 6) is 2.12. The van der Waals surface area contributed by atoms with Crippen LogP contribution in [0.25, 0.3) is 0 Å². The average Bonchev–Trinajstić information content (AvgIpc) is 2.96. The van der Waals surface area contributed by atoms with Crippen LogP contribution in [0, 0.1) is 5.92 Å². The molecule has 1 aliphatic heterocycles. The SMILES string of the molecule is CCOc1ccc(OCC(=O)N2CCC(CNC)C2)cc1. The quantitative estimate of drug-likeness (QED) is 0.828. The van der Waals surface area contributed by atoms with Gasteiger partial charge in [0.1, 0.15) is 11.5 Å². The lowest BCUT2D eigenvalue weighted by atomic mass is 10.1. The predicted octanol–water partition coefficient (Wildman–Crippen LogP) is 1.53. The van der Waals surface area contributed by atoms with Crippen molar-refractivity contribution in [2.75, 3.05) is 39.9 Å². The van der Waals surface area contributed by atoms with Crippen LogP contribution in [0.3, 0.4) is 0 Å². The average molecular weight is 292 g/mol. The molecule has 0 saturated carbocycles. The molecular weight excluding hydrogens is 268 g/mol. The fraction of sp³-hybridized carbons (Fsp3) is 0.562. The first-order chi connectivity index (χ1) is 10.2. The molecule has 1 aliphatic rings. The fourth-order valence-corrected chi connectivity index (χ4v) is 2.55. The molecule has 0 aromatic heterocycles. The van der Waals surface area contributed by atoms with Crippen molar-refractivity contribution in [1.29, 1.82) is 0 Å². The van der Waals surface area contributed by atoms with Crippen LogP contribution >= 0.6 is 0 Å². The van der Waals surface area contributed by atoms with Crippen LogP contribution in [-0.2, 0) is 4.79 Å². The molecule has 1 fully saturated rings. The second kappa shape index (κ2) is 7.88. The van der Waals surface area contributed by atoms with Gasteiger partial charge in [-0.2, -0.15) is 0 Å². The monoisotopic (exact) mass is 292 g/mol. The molecule has 116 valence electrons. The van der Waals surface area contributed by atoms with Crippen LogP contribution in [0.5, 0.6) is 11.5 Å². The van der Waals surface area contributed by atoms with E-state index < -0.39 is 0 Å². The van der Waals surface area contributed by atoms with E-state index in [4.69, 9.17) is 9.47 Å². The van der Waals surface area contributed by atoms with Gasteiger partial charge in [0.25, 0.3) is 5.91 Å². The van der Waals surface area contributed by atoms with Crippen LogP contribution in [0.4, 0.5) is 0 Å². The van der Waals surface area contributed by atoms with Crippen molar-refractivity contribution >= 4 is 5.91 Å². The lowest BCUT2D eigenvalue weighted by Gasteiger charge is -2.17. The van der Waals surface area contributed by atoms with Gasteiger partial charge in [-0.25, -0.2) is 0 Å². The Morgan fingerprint density at radius 3 is 2.57 bits per heavy atom. The van der Waals surface area contributed by atoms with Gasteiger partial charge in [0.05, 0.1) is 6.61 Å². The normalized spacial score (nSPS) is 17.8. The van der Waals surface area contributed by atoms with Crippen LogP contribution in [0.15, 0.2) is 24.3 Å². The number of rotatable bonds is 7. The molecule has 0 spiro atoms. The number of likely N-dealkylation sites (tertiary alicyclic amines) is 1. The minimum absolute atomic E-state index is 0.0579. The van der Waals surface area contributed by atoms with E-state index in [1.165, 1.54) is 0 Å². The molecule has 5 nitrogen and oxygen atoms in total. The van der Waals surface area contributed by atoms with Gasteiger partial charge in [0, 0.05) is 13.1 Å². The van der Waals surface area contributed by atoms with Gasteiger partial charge in [-0.05, 0) is 57.1 Å². The molecule has 0 aliphatic carbocycles. The van der Waals surface area contributed by atoms with E-state index in [0.717, 1.165) is 31.8 Å². The summed E-state index contributed by atoms with van der Waals surface area (Å²) < 4.78 is 10.9. The number of nitrogens with zero attached hydrogens (tertiary/aromatic N) is 1. The molecule has 1 amide bonds. The van der Waals surface area contributed by atoms with Crippen LogP contribution in [0.1, 0.15) is 13.3 Å². The number of carbonyl (C=O) groups is 1. The second-order valence-corrected chi connectivity index (χ2v) is 5.25. The third-order valence-electron chi connectivity index (χ3n) is 3.63. The Labute approximate surface area is 126 Å². The highest BCUT2D eigenvalue weighted by atomic mass is 16.5. The van der Waals surface area contributed by atoms with Crippen LogP contribution in [0.2, 0.25) is 0 Å². The van der Waals surface area contributed by atoms with E-state index >= 15 is 0 Å². The van der Waals surface area contributed by atoms with Crippen molar-refractivity contribution in [3.8, 4) is 11.5 Å². The van der Waals surface area contributed by atoms with Gasteiger partial charge in [0.2, 0.25) is 0 Å². The zero-order chi connectivity index (χ0) is 15.1. The van der Waals surface area contributed by atoms with Crippen LogP contribution < -0.4 is 14.8 Å². The molecule has 1 aromatic carbocycles. The molecule has 21 heavy (non-hydrogen) atoms. The maximum Gasteiger partial charge on any atom is 0.260 e. The molecule has 2 rings (SSSR count). The van der Waals surface area contributed by atoms with Crippen molar-refractivity contribution in [2.45, 2.75) is 13.3 Å². The molecular formula is C16H24N2O3. The van der Waals surface area contributed by atoms with E-state index in [-0.39, 0.29) is 12.5 Å². The topological polar surface area (TPSA) is 50.8 Å². The summed E-state index contributed by atoms with van der Waals surface area (Å²) in [6, 6.07) is 7.35. The smallest absolute Gasteiger partial charge is 0.260 e. The molecule has 1 aromatic rings. The molecule has 5 heteroatoms. The van der Waals surface area contributed by atoms with Crippen molar-refractivity contribution in [1.82, 2.24) is 10.2 Å². The summed E-state index contributed by atoms with van der Waals surface area (Å²) in [4.78, 5) is 14.0. The lowest BCUT2D eigenvalue weighted by molar-refractivity contribution is -0.132. The number of ether oxygens (including phenoxy) is 2. The molecule has 1 N–H and O–H groups in total. The van der Waals surface area contributed by atoms with E-state index in [2.05, 4.69) is 5.32 Å². The Balaban J connectivity index is 1.76. The Hall–Kier alpha value is -1.75. The lowest BCUT2D eigenvalue weighted by Crippen LogP contribution is -2.34. The van der Waals surface area contributed by atoms with Gasteiger partial charge < -0.3 is 19.7 Å². The fourth-order valence-electron chi connectivity index (χ4n) is 2.55. The summed E-state index contributed by atoms with van der Waals surface area (Å²) in [5, 5.41) is 3.16. The second-order valence-electron chi connectivity index (χ2n) is 5.25. The van der Waals surface area contributed by atoms with E-state index in [1.807, 2.05) is 43.1 Å². The Bertz CT molecular complexity index is 447. The summed E-state index contributed by atoms with van der Waals surface area (Å²) >= 11 is 0. The number of nitrogens with one attached hydrogen (secondary N) is 1. The summed E-state index contributed by atoms with van der Waals surface area (Å²) in [6.45, 7) is 5.30. The zero-order valence-electron chi connectivity index (χ0n) is 12.8. The first-order valence-corrected chi connectivity index (χ1v) is 7.51. The van der Waals surface area contributed by atoms with Crippen molar-refractivity contribution < 1.29 is 14.3 Å². The first kappa shape index (κ1) is 15.6. The molecule has 1 saturated heterocycles. The third kappa shape index (κ3) is 4.63. The van der Waals surface area contributed by atoms with Gasteiger partial charge in [-0.15, -0.1) is 0 Å². The van der Waals surface area contributed by atoms with E-state index in [1.54, 1.807) is 0 Å². The highest BCUT2D eigenvalue weighted by Gasteiger charge is 2.25. The molecule has 1 atom stereocenters. The standard InChI is InChI=1S/C16H24N2O3/c1-3-20-14-4-6-15(7-5-14)21-12-16(19)18-9-8-13(11-18)10-17-2/h4-7,13,17H,3,8-12H2,1-2H3. The zero-order valence-corrected chi connectivity index (χ0v) is 12.8. The first-order valence-electron chi connectivity index (χ1n) is 7.51. The third-order valence-corrected chi connectivity index (χ3v) is 3.63. The number of carbonyl (C=O) groups excluding carboxylic acids is 1. The number of hydrogen-bond acceptors (Lipinski definition) is 4. The Kier molecular flexibility index (Phi) is 5.87.